The zero-order chi connectivity index (χ0) is 19.1. The van der Waals surface area contributed by atoms with Gasteiger partial charge in [-0.25, -0.2) is 0 Å². The highest BCUT2D eigenvalue weighted by Gasteiger charge is 2.03. The van der Waals surface area contributed by atoms with Crippen molar-refractivity contribution in [3.05, 3.63) is 95.7 Å². The summed E-state index contributed by atoms with van der Waals surface area (Å²) < 4.78 is 10.9. The van der Waals surface area contributed by atoms with Crippen LogP contribution < -0.4 is 14.8 Å². The van der Waals surface area contributed by atoms with E-state index in [2.05, 4.69) is 5.32 Å². The molecule has 3 aromatic carbocycles. The lowest BCUT2D eigenvalue weighted by Crippen LogP contribution is -1.97. The summed E-state index contributed by atoms with van der Waals surface area (Å²) >= 11 is 6.09. The Bertz CT molecular complexity index is 952. The van der Waals surface area contributed by atoms with Gasteiger partial charge in [-0.2, -0.15) is 0 Å². The van der Waals surface area contributed by atoms with E-state index in [9.17, 15) is 4.79 Å². The van der Waals surface area contributed by atoms with Gasteiger partial charge in [-0.15, -0.1) is 0 Å². The van der Waals surface area contributed by atoms with Crippen molar-refractivity contribution in [3.8, 4) is 17.2 Å². The van der Waals surface area contributed by atoms with Crippen LogP contribution in [0.4, 0.5) is 5.69 Å². The molecule has 0 spiro atoms. The number of hydrogen-bond acceptors (Lipinski definition) is 4. The highest BCUT2D eigenvalue weighted by atomic mass is 35.5. The van der Waals surface area contributed by atoms with Gasteiger partial charge in [-0.05, 0) is 48.5 Å². The van der Waals surface area contributed by atoms with Crippen LogP contribution in [-0.2, 0) is 0 Å². The molecule has 0 aromatic heterocycles. The first-order chi connectivity index (χ1) is 13.2. The van der Waals surface area contributed by atoms with E-state index < -0.39 is 0 Å². The average molecular weight is 380 g/mol. The van der Waals surface area contributed by atoms with Crippen molar-refractivity contribution in [1.82, 2.24) is 0 Å². The second kappa shape index (κ2) is 8.92. The summed E-state index contributed by atoms with van der Waals surface area (Å²) in [6.07, 6.45) is 3.08. The van der Waals surface area contributed by atoms with Crippen molar-refractivity contribution >= 4 is 23.1 Å². The molecule has 4 nitrogen and oxygen atoms in total. The number of anilines is 1. The molecule has 0 amide bonds. The Morgan fingerprint density at radius 3 is 2.48 bits per heavy atom. The molecule has 27 heavy (non-hydrogen) atoms. The Kier molecular flexibility index (Phi) is 6.13. The number of allylic oxidation sites excluding steroid dienone is 1. The predicted octanol–water partition coefficient (Wildman–Crippen LogP) is 5.95. The fourth-order valence-electron chi connectivity index (χ4n) is 2.36. The lowest BCUT2D eigenvalue weighted by molar-refractivity contribution is 0.104. The SMILES string of the molecule is COc1cccc(C(=O)/C=C/Nc2ccc(Oc3ccccc3Cl)cc2)c1. The summed E-state index contributed by atoms with van der Waals surface area (Å²) in [6.45, 7) is 0. The number of ether oxygens (including phenoxy) is 2. The van der Waals surface area contributed by atoms with E-state index in [1.165, 1.54) is 6.08 Å². The van der Waals surface area contributed by atoms with Gasteiger partial charge >= 0.3 is 0 Å². The number of halogens is 1. The molecule has 0 aliphatic carbocycles. The third-order valence-corrected chi connectivity index (χ3v) is 4.07. The highest BCUT2D eigenvalue weighted by Crippen LogP contribution is 2.29. The lowest BCUT2D eigenvalue weighted by Gasteiger charge is -2.08. The topological polar surface area (TPSA) is 47.6 Å². The van der Waals surface area contributed by atoms with Crippen molar-refractivity contribution < 1.29 is 14.3 Å². The second-order valence-electron chi connectivity index (χ2n) is 5.63. The molecule has 0 aliphatic heterocycles. The zero-order valence-electron chi connectivity index (χ0n) is 14.7. The van der Waals surface area contributed by atoms with Crippen molar-refractivity contribution in [1.29, 1.82) is 0 Å². The maximum Gasteiger partial charge on any atom is 0.187 e. The third-order valence-electron chi connectivity index (χ3n) is 3.76. The molecule has 0 aliphatic rings. The maximum absolute atomic E-state index is 12.2. The van der Waals surface area contributed by atoms with Gasteiger partial charge in [-0.1, -0.05) is 35.9 Å². The number of ketones is 1. The van der Waals surface area contributed by atoms with Crippen LogP contribution in [0.25, 0.3) is 0 Å². The lowest BCUT2D eigenvalue weighted by atomic mass is 10.1. The summed E-state index contributed by atoms with van der Waals surface area (Å²) in [4.78, 5) is 12.2. The Morgan fingerprint density at radius 1 is 0.963 bits per heavy atom. The van der Waals surface area contributed by atoms with E-state index in [-0.39, 0.29) is 5.78 Å². The number of methoxy groups -OCH3 is 1. The zero-order valence-corrected chi connectivity index (χ0v) is 15.4. The first kappa shape index (κ1) is 18.5. The Balaban J connectivity index is 1.59. The van der Waals surface area contributed by atoms with E-state index in [0.29, 0.717) is 27.8 Å². The van der Waals surface area contributed by atoms with E-state index in [1.54, 1.807) is 49.7 Å². The Morgan fingerprint density at radius 2 is 1.74 bits per heavy atom. The van der Waals surface area contributed by atoms with Crippen LogP contribution in [0.5, 0.6) is 17.2 Å². The van der Waals surface area contributed by atoms with E-state index >= 15 is 0 Å². The maximum atomic E-state index is 12.2. The quantitative estimate of drug-likeness (QED) is 0.407. The number of carbonyl (C=O) groups is 1. The van der Waals surface area contributed by atoms with E-state index in [0.717, 1.165) is 5.69 Å². The number of para-hydroxylation sites is 1. The molecule has 3 aromatic rings. The minimum atomic E-state index is -0.111. The molecule has 3 rings (SSSR count). The summed E-state index contributed by atoms with van der Waals surface area (Å²) in [5.74, 6) is 1.81. The second-order valence-corrected chi connectivity index (χ2v) is 6.04. The summed E-state index contributed by atoms with van der Waals surface area (Å²) in [5.41, 5.74) is 1.40. The molecule has 0 radical (unpaired) electrons. The highest BCUT2D eigenvalue weighted by molar-refractivity contribution is 6.32. The summed E-state index contributed by atoms with van der Waals surface area (Å²) in [6, 6.07) is 21.7. The van der Waals surface area contributed by atoms with Gasteiger partial charge in [0.2, 0.25) is 0 Å². The van der Waals surface area contributed by atoms with Crippen LogP contribution in [-0.4, -0.2) is 12.9 Å². The van der Waals surface area contributed by atoms with Crippen LogP contribution >= 0.6 is 11.6 Å². The summed E-state index contributed by atoms with van der Waals surface area (Å²) in [5, 5.41) is 3.62. The van der Waals surface area contributed by atoms with Crippen LogP contribution in [0.1, 0.15) is 10.4 Å². The van der Waals surface area contributed by atoms with Crippen LogP contribution in [0, 0.1) is 0 Å². The van der Waals surface area contributed by atoms with Crippen molar-refractivity contribution in [2.75, 3.05) is 12.4 Å². The number of carbonyl (C=O) groups excluding carboxylic acids is 1. The molecule has 0 bridgehead atoms. The van der Waals surface area contributed by atoms with Gasteiger partial charge in [0.1, 0.15) is 17.2 Å². The van der Waals surface area contributed by atoms with Gasteiger partial charge in [0.25, 0.3) is 0 Å². The standard InChI is InChI=1S/C22H18ClNO3/c1-26-19-6-4-5-16(15-19)21(25)13-14-24-17-9-11-18(12-10-17)27-22-8-3-2-7-20(22)23/h2-15,24H,1H3/b14-13+. The molecule has 0 heterocycles. The minimum absolute atomic E-state index is 0.111. The van der Waals surface area contributed by atoms with Crippen molar-refractivity contribution in [2.24, 2.45) is 0 Å². The van der Waals surface area contributed by atoms with Crippen LogP contribution in [0.3, 0.4) is 0 Å². The molecule has 0 saturated heterocycles. The van der Waals surface area contributed by atoms with Gasteiger partial charge < -0.3 is 14.8 Å². The number of hydrogen-bond donors (Lipinski definition) is 1. The van der Waals surface area contributed by atoms with Crippen LogP contribution in [0.2, 0.25) is 5.02 Å². The third kappa shape index (κ3) is 5.12. The number of nitrogens with one attached hydrogen (secondary N) is 1. The van der Waals surface area contributed by atoms with Gasteiger partial charge in [0.05, 0.1) is 12.1 Å². The van der Waals surface area contributed by atoms with Crippen molar-refractivity contribution in [2.45, 2.75) is 0 Å². The molecule has 0 saturated carbocycles. The predicted molar refractivity (Wildman–Crippen MR) is 108 cm³/mol. The van der Waals surface area contributed by atoms with Gasteiger partial charge in [0.15, 0.2) is 5.78 Å². The van der Waals surface area contributed by atoms with Crippen molar-refractivity contribution in [3.63, 3.8) is 0 Å². The fraction of sp³-hybridized carbons (Fsp3) is 0.0455. The monoisotopic (exact) mass is 379 g/mol. The minimum Gasteiger partial charge on any atom is -0.497 e. The molecular weight excluding hydrogens is 362 g/mol. The summed E-state index contributed by atoms with van der Waals surface area (Å²) in [7, 11) is 1.57. The van der Waals surface area contributed by atoms with Gasteiger partial charge in [-0.3, -0.25) is 4.79 Å². The molecule has 136 valence electrons. The molecule has 5 heteroatoms. The smallest absolute Gasteiger partial charge is 0.187 e. The molecule has 0 atom stereocenters. The van der Waals surface area contributed by atoms with Crippen LogP contribution in [0.15, 0.2) is 85.1 Å². The molecule has 0 fully saturated rings. The fourth-order valence-corrected chi connectivity index (χ4v) is 2.53. The van der Waals surface area contributed by atoms with E-state index in [4.69, 9.17) is 21.1 Å². The first-order valence-electron chi connectivity index (χ1n) is 8.29. The largest absolute Gasteiger partial charge is 0.497 e. The molecular formula is C22H18ClNO3. The molecule has 1 N–H and O–H groups in total. The first-order valence-corrected chi connectivity index (χ1v) is 8.67. The van der Waals surface area contributed by atoms with Gasteiger partial charge in [0, 0.05) is 23.5 Å². The van der Waals surface area contributed by atoms with E-state index in [1.807, 2.05) is 36.4 Å². The molecule has 0 unspecified atom stereocenters. The normalized spacial score (nSPS) is 10.6. The Labute approximate surface area is 163 Å². The number of benzene rings is 3. The Hall–Kier alpha value is -3.24. The average Bonchev–Trinajstić information content (AvgIpc) is 2.71. The number of rotatable bonds is 7.